The Labute approximate surface area is 100 Å². The third-order valence-corrected chi connectivity index (χ3v) is 2.42. The van der Waals surface area contributed by atoms with Gasteiger partial charge in [0.1, 0.15) is 0 Å². The second-order valence-electron chi connectivity index (χ2n) is 3.98. The number of likely N-dealkylation sites (N-methyl/N-ethyl adjacent to an activating group) is 1. The lowest BCUT2D eigenvalue weighted by Gasteiger charge is -2.22. The summed E-state index contributed by atoms with van der Waals surface area (Å²) in [5.41, 5.74) is 0. The number of aliphatic hydroxyl groups excluding tert-OH is 1. The Kier molecular flexibility index (Phi) is 10.9. The molecule has 0 spiro atoms. The molecular formula is C13H27NO2. The molecule has 1 N–H and O–H groups in total. The van der Waals surface area contributed by atoms with Gasteiger partial charge in [0, 0.05) is 19.7 Å². The zero-order chi connectivity index (χ0) is 12.2. The summed E-state index contributed by atoms with van der Waals surface area (Å²) in [7, 11) is 0. The van der Waals surface area contributed by atoms with E-state index in [2.05, 4.69) is 30.9 Å². The first-order valence-electron chi connectivity index (χ1n) is 6.33. The zero-order valence-corrected chi connectivity index (χ0v) is 11.0. The third kappa shape index (κ3) is 8.89. The van der Waals surface area contributed by atoms with Crippen molar-refractivity contribution < 1.29 is 9.84 Å². The van der Waals surface area contributed by atoms with E-state index in [1.165, 1.54) is 0 Å². The zero-order valence-electron chi connectivity index (χ0n) is 11.0. The normalized spacial score (nSPS) is 13.8. The molecule has 0 bridgehead atoms. The van der Waals surface area contributed by atoms with Crippen LogP contribution in [0.4, 0.5) is 0 Å². The van der Waals surface area contributed by atoms with E-state index in [1.807, 2.05) is 6.92 Å². The molecule has 0 saturated heterocycles. The second kappa shape index (κ2) is 11.1. The van der Waals surface area contributed by atoms with Crippen molar-refractivity contribution in [2.24, 2.45) is 0 Å². The van der Waals surface area contributed by atoms with Gasteiger partial charge in [-0.2, -0.15) is 0 Å². The fourth-order valence-electron chi connectivity index (χ4n) is 1.52. The number of rotatable bonds is 10. The van der Waals surface area contributed by atoms with Crippen molar-refractivity contribution in [3.63, 3.8) is 0 Å². The minimum Gasteiger partial charge on any atom is -0.389 e. The number of hydrogen-bond donors (Lipinski definition) is 1. The summed E-state index contributed by atoms with van der Waals surface area (Å²) in [6, 6.07) is 0. The van der Waals surface area contributed by atoms with Crippen LogP contribution >= 0.6 is 0 Å². The fraction of sp³-hybridized carbons (Fsp3) is 0.846. The van der Waals surface area contributed by atoms with Crippen LogP contribution < -0.4 is 0 Å². The summed E-state index contributed by atoms with van der Waals surface area (Å²) in [4.78, 5) is 2.25. The van der Waals surface area contributed by atoms with E-state index < -0.39 is 0 Å². The van der Waals surface area contributed by atoms with Gasteiger partial charge in [-0.05, 0) is 26.3 Å². The molecule has 3 heteroatoms. The average molecular weight is 229 g/mol. The maximum Gasteiger partial charge on any atom is 0.0900 e. The predicted molar refractivity (Wildman–Crippen MR) is 68.7 cm³/mol. The number of nitrogens with zero attached hydrogens (tertiary/aromatic N) is 1. The van der Waals surface area contributed by atoms with Crippen molar-refractivity contribution in [3.05, 3.63) is 12.2 Å². The highest BCUT2D eigenvalue weighted by molar-refractivity contribution is 4.78. The SMILES string of the molecule is C/C=C\CCN(CC)CC(O)COCCC. The molecule has 16 heavy (non-hydrogen) atoms. The van der Waals surface area contributed by atoms with E-state index in [-0.39, 0.29) is 6.10 Å². The highest BCUT2D eigenvalue weighted by Crippen LogP contribution is 1.97. The molecule has 0 aromatic heterocycles. The average Bonchev–Trinajstić information content (AvgIpc) is 2.28. The van der Waals surface area contributed by atoms with Gasteiger partial charge in [-0.25, -0.2) is 0 Å². The lowest BCUT2D eigenvalue weighted by Crippen LogP contribution is -2.35. The predicted octanol–water partition coefficient (Wildman–Crippen LogP) is 2.06. The van der Waals surface area contributed by atoms with E-state index in [0.29, 0.717) is 13.2 Å². The van der Waals surface area contributed by atoms with E-state index in [9.17, 15) is 5.11 Å². The summed E-state index contributed by atoms with van der Waals surface area (Å²) in [6.07, 6.45) is 5.91. The van der Waals surface area contributed by atoms with Gasteiger partial charge in [0.2, 0.25) is 0 Å². The van der Waals surface area contributed by atoms with Crippen LogP contribution in [0.2, 0.25) is 0 Å². The van der Waals surface area contributed by atoms with Crippen LogP contribution in [0.25, 0.3) is 0 Å². The third-order valence-electron chi connectivity index (χ3n) is 2.42. The number of allylic oxidation sites excluding steroid dienone is 1. The molecule has 0 radical (unpaired) electrons. The molecule has 1 atom stereocenters. The summed E-state index contributed by atoms with van der Waals surface area (Å²) in [5.74, 6) is 0. The van der Waals surface area contributed by atoms with Crippen molar-refractivity contribution in [2.75, 3.05) is 32.8 Å². The standard InChI is InChI=1S/C13H27NO2/c1-4-7-8-9-14(6-3)11-13(15)12-16-10-5-2/h4,7,13,15H,5-6,8-12H2,1-3H3/b7-4-. The van der Waals surface area contributed by atoms with Crippen LogP contribution in [-0.2, 0) is 4.74 Å². The molecule has 0 rings (SSSR count). The van der Waals surface area contributed by atoms with Crippen molar-refractivity contribution in [2.45, 2.75) is 39.7 Å². The van der Waals surface area contributed by atoms with E-state index >= 15 is 0 Å². The second-order valence-corrected chi connectivity index (χ2v) is 3.98. The van der Waals surface area contributed by atoms with Crippen LogP contribution in [0.15, 0.2) is 12.2 Å². The molecule has 0 aliphatic carbocycles. The smallest absolute Gasteiger partial charge is 0.0900 e. The van der Waals surface area contributed by atoms with Crippen molar-refractivity contribution in [1.82, 2.24) is 4.90 Å². The van der Waals surface area contributed by atoms with Crippen molar-refractivity contribution in [3.8, 4) is 0 Å². The van der Waals surface area contributed by atoms with Crippen LogP contribution in [0.3, 0.4) is 0 Å². The largest absolute Gasteiger partial charge is 0.389 e. The fourth-order valence-corrected chi connectivity index (χ4v) is 1.52. The maximum atomic E-state index is 9.75. The van der Waals surface area contributed by atoms with Gasteiger partial charge in [-0.1, -0.05) is 26.0 Å². The minimum atomic E-state index is -0.364. The maximum absolute atomic E-state index is 9.75. The molecule has 0 aliphatic heterocycles. The van der Waals surface area contributed by atoms with Gasteiger partial charge in [-0.15, -0.1) is 0 Å². The van der Waals surface area contributed by atoms with Gasteiger partial charge in [0.15, 0.2) is 0 Å². The van der Waals surface area contributed by atoms with E-state index in [1.54, 1.807) is 0 Å². The number of ether oxygens (including phenoxy) is 1. The number of hydrogen-bond acceptors (Lipinski definition) is 3. The Morgan fingerprint density at radius 2 is 2.12 bits per heavy atom. The molecule has 0 fully saturated rings. The summed E-state index contributed by atoms with van der Waals surface area (Å²) < 4.78 is 5.32. The van der Waals surface area contributed by atoms with Gasteiger partial charge in [-0.3, -0.25) is 0 Å². The molecule has 3 nitrogen and oxygen atoms in total. The highest BCUT2D eigenvalue weighted by Gasteiger charge is 2.09. The molecule has 0 aromatic carbocycles. The van der Waals surface area contributed by atoms with Gasteiger partial charge < -0.3 is 14.7 Å². The molecule has 0 heterocycles. The number of aliphatic hydroxyl groups is 1. The minimum absolute atomic E-state index is 0.364. The molecule has 1 unspecified atom stereocenters. The van der Waals surface area contributed by atoms with E-state index in [0.717, 1.165) is 32.5 Å². The van der Waals surface area contributed by atoms with Crippen molar-refractivity contribution in [1.29, 1.82) is 0 Å². The lowest BCUT2D eigenvalue weighted by atomic mass is 10.3. The molecule has 0 saturated carbocycles. The first-order chi connectivity index (χ1) is 7.74. The van der Waals surface area contributed by atoms with Crippen LogP contribution in [0, 0.1) is 0 Å². The Hall–Kier alpha value is -0.380. The van der Waals surface area contributed by atoms with Crippen molar-refractivity contribution >= 4 is 0 Å². The molecule has 0 amide bonds. The molecular weight excluding hydrogens is 202 g/mol. The van der Waals surface area contributed by atoms with Crippen LogP contribution in [0.1, 0.15) is 33.6 Å². The Bertz CT molecular complexity index is 171. The lowest BCUT2D eigenvalue weighted by molar-refractivity contribution is 0.0180. The topological polar surface area (TPSA) is 32.7 Å². The molecule has 96 valence electrons. The summed E-state index contributed by atoms with van der Waals surface area (Å²) in [5, 5.41) is 9.75. The summed E-state index contributed by atoms with van der Waals surface area (Å²) >= 11 is 0. The van der Waals surface area contributed by atoms with Gasteiger partial charge >= 0.3 is 0 Å². The Morgan fingerprint density at radius 3 is 2.69 bits per heavy atom. The van der Waals surface area contributed by atoms with Gasteiger partial charge in [0.25, 0.3) is 0 Å². The quantitative estimate of drug-likeness (QED) is 0.460. The Balaban J connectivity index is 3.65. The first kappa shape index (κ1) is 15.6. The van der Waals surface area contributed by atoms with E-state index in [4.69, 9.17) is 4.74 Å². The molecule has 0 aromatic rings. The van der Waals surface area contributed by atoms with Crippen LogP contribution in [0.5, 0.6) is 0 Å². The molecule has 0 aliphatic rings. The Morgan fingerprint density at radius 1 is 1.38 bits per heavy atom. The summed E-state index contributed by atoms with van der Waals surface area (Å²) in [6.45, 7) is 10.1. The monoisotopic (exact) mass is 229 g/mol. The first-order valence-corrected chi connectivity index (χ1v) is 6.33. The van der Waals surface area contributed by atoms with Gasteiger partial charge in [0.05, 0.1) is 12.7 Å². The highest BCUT2D eigenvalue weighted by atomic mass is 16.5. The van der Waals surface area contributed by atoms with Crippen LogP contribution in [-0.4, -0.2) is 49.0 Å².